The van der Waals surface area contributed by atoms with Gasteiger partial charge in [0.15, 0.2) is 5.13 Å². The summed E-state index contributed by atoms with van der Waals surface area (Å²) in [5.74, 6) is -0.284. The number of benzene rings is 2. The molecule has 1 N–H and O–H groups in total. The van der Waals surface area contributed by atoms with Gasteiger partial charge < -0.3 is 5.32 Å². The first-order valence-electron chi connectivity index (χ1n) is 6.55. The van der Waals surface area contributed by atoms with E-state index in [1.807, 2.05) is 49.4 Å². The number of nitrogens with one attached hydrogen (secondary N) is 1. The minimum atomic E-state index is -0.221. The SMILES string of the molecule is CC(C(=O)Nc1nc2ccc(Cl)cc2s1)c1ccccc1. The van der Waals surface area contributed by atoms with Crippen molar-refractivity contribution >= 4 is 44.2 Å². The molecule has 0 aliphatic rings. The van der Waals surface area contributed by atoms with E-state index in [1.54, 1.807) is 6.07 Å². The predicted octanol–water partition coefficient (Wildman–Crippen LogP) is 4.69. The van der Waals surface area contributed by atoms with Crippen LogP contribution in [0, 0.1) is 0 Å². The molecule has 0 bridgehead atoms. The number of hydrogen-bond acceptors (Lipinski definition) is 3. The van der Waals surface area contributed by atoms with Crippen LogP contribution in [-0.2, 0) is 4.79 Å². The molecule has 2 aromatic carbocycles. The van der Waals surface area contributed by atoms with Crippen molar-refractivity contribution < 1.29 is 4.79 Å². The fourth-order valence-corrected chi connectivity index (χ4v) is 3.20. The molecule has 0 fully saturated rings. The molecule has 1 atom stereocenters. The van der Waals surface area contributed by atoms with Crippen molar-refractivity contribution in [1.82, 2.24) is 4.98 Å². The number of carbonyl (C=O) groups excluding carboxylic acids is 1. The van der Waals surface area contributed by atoms with E-state index in [-0.39, 0.29) is 11.8 Å². The minimum absolute atomic E-state index is 0.0636. The molecule has 0 aliphatic heterocycles. The van der Waals surface area contributed by atoms with Gasteiger partial charge in [0.2, 0.25) is 5.91 Å². The van der Waals surface area contributed by atoms with Crippen molar-refractivity contribution in [2.45, 2.75) is 12.8 Å². The van der Waals surface area contributed by atoms with Crippen LogP contribution in [0.15, 0.2) is 48.5 Å². The number of hydrogen-bond donors (Lipinski definition) is 1. The average molecular weight is 317 g/mol. The van der Waals surface area contributed by atoms with E-state index in [2.05, 4.69) is 10.3 Å². The molecule has 1 unspecified atom stereocenters. The second-order valence-electron chi connectivity index (χ2n) is 4.75. The lowest BCUT2D eigenvalue weighted by Gasteiger charge is -2.10. The second kappa shape index (κ2) is 5.84. The van der Waals surface area contributed by atoms with Gasteiger partial charge in [-0.15, -0.1) is 0 Å². The number of halogens is 1. The maximum atomic E-state index is 12.3. The van der Waals surface area contributed by atoms with Crippen LogP contribution in [0.4, 0.5) is 5.13 Å². The molecule has 1 heterocycles. The summed E-state index contributed by atoms with van der Waals surface area (Å²) >= 11 is 7.38. The average Bonchev–Trinajstić information content (AvgIpc) is 2.88. The summed E-state index contributed by atoms with van der Waals surface area (Å²) < 4.78 is 0.963. The van der Waals surface area contributed by atoms with Gasteiger partial charge >= 0.3 is 0 Å². The molecule has 3 aromatic rings. The third-order valence-corrected chi connectivity index (χ3v) is 4.44. The maximum Gasteiger partial charge on any atom is 0.233 e. The Hall–Kier alpha value is -1.91. The Bertz CT molecular complexity index is 785. The van der Waals surface area contributed by atoms with Crippen molar-refractivity contribution in [2.24, 2.45) is 0 Å². The van der Waals surface area contributed by atoms with Crippen molar-refractivity contribution in [3.63, 3.8) is 0 Å². The zero-order valence-corrected chi connectivity index (χ0v) is 12.9. The summed E-state index contributed by atoms with van der Waals surface area (Å²) in [5, 5.41) is 4.14. The number of aromatic nitrogens is 1. The van der Waals surface area contributed by atoms with Crippen LogP contribution in [0.5, 0.6) is 0 Å². The zero-order chi connectivity index (χ0) is 14.8. The van der Waals surface area contributed by atoms with Crippen LogP contribution in [-0.4, -0.2) is 10.9 Å². The van der Waals surface area contributed by atoms with Gasteiger partial charge in [0.25, 0.3) is 0 Å². The molecular formula is C16H13ClN2OS. The summed E-state index contributed by atoms with van der Waals surface area (Å²) in [5.41, 5.74) is 1.83. The lowest BCUT2D eigenvalue weighted by atomic mass is 10.0. The first-order valence-corrected chi connectivity index (χ1v) is 7.75. The highest BCUT2D eigenvalue weighted by Gasteiger charge is 2.16. The van der Waals surface area contributed by atoms with Crippen LogP contribution in [0.25, 0.3) is 10.2 Å². The largest absolute Gasteiger partial charge is 0.301 e. The third kappa shape index (κ3) is 3.06. The highest BCUT2D eigenvalue weighted by molar-refractivity contribution is 7.22. The second-order valence-corrected chi connectivity index (χ2v) is 6.22. The molecule has 0 radical (unpaired) electrons. The maximum absolute atomic E-state index is 12.3. The molecule has 106 valence electrons. The van der Waals surface area contributed by atoms with Crippen molar-refractivity contribution in [3.05, 3.63) is 59.1 Å². The van der Waals surface area contributed by atoms with E-state index in [9.17, 15) is 4.79 Å². The number of rotatable bonds is 3. The zero-order valence-electron chi connectivity index (χ0n) is 11.3. The molecular weight excluding hydrogens is 304 g/mol. The van der Waals surface area contributed by atoms with Gasteiger partial charge in [-0.25, -0.2) is 4.98 Å². The van der Waals surface area contributed by atoms with Gasteiger partial charge in [-0.1, -0.05) is 53.3 Å². The van der Waals surface area contributed by atoms with Gasteiger partial charge in [0.05, 0.1) is 16.1 Å². The molecule has 0 spiro atoms. The Kier molecular flexibility index (Phi) is 3.90. The molecule has 1 aromatic heterocycles. The van der Waals surface area contributed by atoms with Crippen LogP contribution in [0.3, 0.4) is 0 Å². The van der Waals surface area contributed by atoms with Crippen LogP contribution in [0.2, 0.25) is 5.02 Å². The fraction of sp³-hybridized carbons (Fsp3) is 0.125. The lowest BCUT2D eigenvalue weighted by molar-refractivity contribution is -0.117. The smallest absolute Gasteiger partial charge is 0.233 e. The van der Waals surface area contributed by atoms with Gasteiger partial charge in [0.1, 0.15) is 0 Å². The molecule has 0 saturated carbocycles. The van der Waals surface area contributed by atoms with Crippen molar-refractivity contribution in [3.8, 4) is 0 Å². The number of nitrogens with zero attached hydrogens (tertiary/aromatic N) is 1. The monoisotopic (exact) mass is 316 g/mol. The highest BCUT2D eigenvalue weighted by atomic mass is 35.5. The molecule has 5 heteroatoms. The Morgan fingerprint density at radius 2 is 2.00 bits per heavy atom. The van der Waals surface area contributed by atoms with Crippen LogP contribution in [0.1, 0.15) is 18.4 Å². The fourth-order valence-electron chi connectivity index (χ4n) is 2.06. The van der Waals surface area contributed by atoms with Gasteiger partial charge in [-0.2, -0.15) is 0 Å². The molecule has 1 amide bonds. The minimum Gasteiger partial charge on any atom is -0.301 e. The molecule has 21 heavy (non-hydrogen) atoms. The van der Waals surface area contributed by atoms with Crippen LogP contribution < -0.4 is 5.32 Å². The molecule has 3 rings (SSSR count). The van der Waals surface area contributed by atoms with Gasteiger partial charge in [0, 0.05) is 5.02 Å². The number of amides is 1. The van der Waals surface area contributed by atoms with Crippen molar-refractivity contribution in [2.75, 3.05) is 5.32 Å². The first-order chi connectivity index (χ1) is 10.1. The predicted molar refractivity (Wildman–Crippen MR) is 88.1 cm³/mol. The Labute approximate surface area is 131 Å². The van der Waals surface area contributed by atoms with E-state index in [1.165, 1.54) is 11.3 Å². The Morgan fingerprint density at radius 1 is 1.24 bits per heavy atom. The van der Waals surface area contributed by atoms with Crippen LogP contribution >= 0.6 is 22.9 Å². The van der Waals surface area contributed by atoms with Crippen molar-refractivity contribution in [1.29, 1.82) is 0 Å². The summed E-state index contributed by atoms with van der Waals surface area (Å²) in [6.07, 6.45) is 0. The molecule has 3 nitrogen and oxygen atoms in total. The standard InChI is InChI=1S/C16H13ClN2OS/c1-10(11-5-3-2-4-6-11)15(20)19-16-18-13-8-7-12(17)9-14(13)21-16/h2-10H,1H3,(H,18,19,20). The Balaban J connectivity index is 1.80. The topological polar surface area (TPSA) is 42.0 Å². The normalized spacial score (nSPS) is 12.3. The van der Waals surface area contributed by atoms with E-state index < -0.39 is 0 Å². The van der Waals surface area contributed by atoms with E-state index in [4.69, 9.17) is 11.6 Å². The molecule has 0 saturated heterocycles. The van der Waals surface area contributed by atoms with E-state index in [0.717, 1.165) is 15.8 Å². The lowest BCUT2D eigenvalue weighted by Crippen LogP contribution is -2.18. The number of fused-ring (bicyclic) bond motifs is 1. The highest BCUT2D eigenvalue weighted by Crippen LogP contribution is 2.29. The summed E-state index contributed by atoms with van der Waals surface area (Å²) in [6.45, 7) is 1.88. The number of thiazole rings is 1. The van der Waals surface area contributed by atoms with Gasteiger partial charge in [-0.3, -0.25) is 4.79 Å². The quantitative estimate of drug-likeness (QED) is 0.761. The summed E-state index contributed by atoms with van der Waals surface area (Å²) in [7, 11) is 0. The molecule has 0 aliphatic carbocycles. The number of anilines is 1. The summed E-state index contributed by atoms with van der Waals surface area (Å²) in [6, 6.07) is 15.2. The van der Waals surface area contributed by atoms with E-state index in [0.29, 0.717) is 10.2 Å². The summed E-state index contributed by atoms with van der Waals surface area (Å²) in [4.78, 5) is 16.7. The van der Waals surface area contributed by atoms with Gasteiger partial charge in [-0.05, 0) is 30.7 Å². The van der Waals surface area contributed by atoms with E-state index >= 15 is 0 Å². The first kappa shape index (κ1) is 14.0. The third-order valence-electron chi connectivity index (χ3n) is 3.27. The number of carbonyl (C=O) groups is 1. The Morgan fingerprint density at radius 3 is 2.76 bits per heavy atom.